The Labute approximate surface area is 92.8 Å². The average molecular weight is 213 g/mol. The first kappa shape index (κ1) is 14.2. The van der Waals surface area contributed by atoms with Crippen molar-refractivity contribution in [1.29, 1.82) is 0 Å². The lowest BCUT2D eigenvalue weighted by molar-refractivity contribution is -0.132. The molecule has 0 rings (SSSR count). The second-order valence-corrected chi connectivity index (χ2v) is 4.41. The average Bonchev–Trinajstić information content (AvgIpc) is 2.10. The molecule has 3 nitrogen and oxygen atoms in total. The van der Waals surface area contributed by atoms with Crippen molar-refractivity contribution in [3.63, 3.8) is 0 Å². The van der Waals surface area contributed by atoms with Crippen molar-refractivity contribution in [2.24, 2.45) is 0 Å². The molecule has 0 aromatic rings. The number of carboxylic acid groups (broad SMARTS) is 1. The van der Waals surface area contributed by atoms with E-state index in [-0.39, 0.29) is 0 Å². The van der Waals surface area contributed by atoms with Gasteiger partial charge in [-0.05, 0) is 41.0 Å². The summed E-state index contributed by atoms with van der Waals surface area (Å²) >= 11 is 0. The van der Waals surface area contributed by atoms with E-state index >= 15 is 0 Å². The van der Waals surface area contributed by atoms with Crippen LogP contribution >= 0.6 is 0 Å². The van der Waals surface area contributed by atoms with Crippen LogP contribution < -0.4 is 0 Å². The lowest BCUT2D eigenvalue weighted by Gasteiger charge is -2.30. The topological polar surface area (TPSA) is 40.5 Å². The molecule has 0 saturated carbocycles. The molecule has 15 heavy (non-hydrogen) atoms. The van der Waals surface area contributed by atoms with Crippen molar-refractivity contribution in [3.8, 4) is 0 Å². The highest BCUT2D eigenvalue weighted by Gasteiger charge is 2.11. The van der Waals surface area contributed by atoms with Gasteiger partial charge in [0.25, 0.3) is 0 Å². The van der Waals surface area contributed by atoms with E-state index in [2.05, 4.69) is 32.6 Å². The van der Waals surface area contributed by atoms with Gasteiger partial charge in [-0.2, -0.15) is 0 Å². The van der Waals surface area contributed by atoms with Crippen molar-refractivity contribution < 1.29 is 9.90 Å². The minimum atomic E-state index is -0.823. The number of aliphatic carboxylic acids is 1. The maximum Gasteiger partial charge on any atom is 0.330 e. The second kappa shape index (κ2) is 6.62. The number of hydrogen-bond acceptors (Lipinski definition) is 2. The molecule has 0 aromatic carbocycles. The summed E-state index contributed by atoms with van der Waals surface area (Å²) in [5.41, 5.74) is 0.433. The Kier molecular flexibility index (Phi) is 6.25. The molecule has 0 amide bonds. The standard InChI is InChI=1S/C12H23NO2/c1-9(2)13(10(3)4)8-6-7-11(5)12(14)15/h7,9-10H,6,8H2,1-5H3,(H,14,15). The molecule has 0 spiro atoms. The second-order valence-electron chi connectivity index (χ2n) is 4.41. The van der Waals surface area contributed by atoms with Crippen molar-refractivity contribution in [3.05, 3.63) is 11.6 Å². The molecule has 0 unspecified atom stereocenters. The first-order valence-electron chi connectivity index (χ1n) is 5.52. The summed E-state index contributed by atoms with van der Waals surface area (Å²) < 4.78 is 0. The van der Waals surface area contributed by atoms with E-state index in [1.54, 1.807) is 13.0 Å². The Balaban J connectivity index is 4.12. The van der Waals surface area contributed by atoms with E-state index in [0.29, 0.717) is 17.7 Å². The third kappa shape index (κ3) is 5.57. The van der Waals surface area contributed by atoms with E-state index in [9.17, 15) is 4.79 Å². The summed E-state index contributed by atoms with van der Waals surface area (Å²) in [6.45, 7) is 11.2. The minimum absolute atomic E-state index is 0.433. The smallest absolute Gasteiger partial charge is 0.330 e. The quantitative estimate of drug-likeness (QED) is 0.689. The van der Waals surface area contributed by atoms with E-state index in [1.807, 2.05) is 0 Å². The molecule has 3 heteroatoms. The molecular weight excluding hydrogens is 190 g/mol. The zero-order valence-corrected chi connectivity index (χ0v) is 10.4. The molecule has 1 N–H and O–H groups in total. The van der Waals surface area contributed by atoms with Crippen LogP contribution in [-0.2, 0) is 4.79 Å². The highest BCUT2D eigenvalue weighted by Crippen LogP contribution is 2.07. The van der Waals surface area contributed by atoms with Crippen LogP contribution in [0.1, 0.15) is 41.0 Å². The fourth-order valence-electron chi connectivity index (χ4n) is 1.63. The van der Waals surface area contributed by atoms with Gasteiger partial charge in [-0.3, -0.25) is 4.90 Å². The van der Waals surface area contributed by atoms with Crippen molar-refractivity contribution in [1.82, 2.24) is 4.90 Å². The molecule has 0 heterocycles. The lowest BCUT2D eigenvalue weighted by atomic mass is 10.2. The molecule has 88 valence electrons. The Hall–Kier alpha value is -0.830. The first-order chi connectivity index (χ1) is 6.86. The Morgan fingerprint density at radius 3 is 2.07 bits per heavy atom. The highest BCUT2D eigenvalue weighted by molar-refractivity contribution is 5.85. The first-order valence-corrected chi connectivity index (χ1v) is 5.52. The SMILES string of the molecule is CC(=CCCN(C(C)C)C(C)C)C(=O)O. The number of carboxylic acids is 1. The third-order valence-corrected chi connectivity index (χ3v) is 2.50. The monoisotopic (exact) mass is 213 g/mol. The molecule has 0 atom stereocenters. The molecule has 0 aliphatic carbocycles. The Morgan fingerprint density at radius 1 is 1.27 bits per heavy atom. The molecule has 0 aromatic heterocycles. The molecule has 0 aliphatic heterocycles. The molecule has 0 aliphatic rings. The zero-order valence-electron chi connectivity index (χ0n) is 10.4. The Morgan fingerprint density at radius 2 is 1.73 bits per heavy atom. The number of nitrogens with zero attached hydrogens (tertiary/aromatic N) is 1. The van der Waals surface area contributed by atoms with Crippen molar-refractivity contribution >= 4 is 5.97 Å². The van der Waals surface area contributed by atoms with Gasteiger partial charge in [0.2, 0.25) is 0 Å². The van der Waals surface area contributed by atoms with E-state index in [1.165, 1.54) is 0 Å². The highest BCUT2D eigenvalue weighted by atomic mass is 16.4. The van der Waals surface area contributed by atoms with Gasteiger partial charge in [0.05, 0.1) is 0 Å². The van der Waals surface area contributed by atoms with E-state index in [0.717, 1.165) is 13.0 Å². The van der Waals surface area contributed by atoms with Crippen LogP contribution in [0.15, 0.2) is 11.6 Å². The summed E-state index contributed by atoms with van der Waals surface area (Å²) in [4.78, 5) is 12.9. The number of rotatable bonds is 6. The number of hydrogen-bond donors (Lipinski definition) is 1. The maximum absolute atomic E-state index is 10.6. The summed E-state index contributed by atoms with van der Waals surface area (Å²) in [5, 5.41) is 8.68. The van der Waals surface area contributed by atoms with Gasteiger partial charge in [0.15, 0.2) is 0 Å². The maximum atomic E-state index is 10.6. The minimum Gasteiger partial charge on any atom is -0.478 e. The van der Waals surface area contributed by atoms with E-state index in [4.69, 9.17) is 5.11 Å². The van der Waals surface area contributed by atoms with Gasteiger partial charge < -0.3 is 5.11 Å². The summed E-state index contributed by atoms with van der Waals surface area (Å²) in [7, 11) is 0. The van der Waals surface area contributed by atoms with Crippen molar-refractivity contribution in [2.45, 2.75) is 53.1 Å². The normalized spacial score (nSPS) is 12.9. The zero-order chi connectivity index (χ0) is 12.0. The van der Waals surface area contributed by atoms with Crippen LogP contribution in [0.25, 0.3) is 0 Å². The summed E-state index contributed by atoms with van der Waals surface area (Å²) in [5.74, 6) is -0.823. The third-order valence-electron chi connectivity index (χ3n) is 2.50. The predicted molar refractivity (Wildman–Crippen MR) is 63.0 cm³/mol. The van der Waals surface area contributed by atoms with Gasteiger partial charge >= 0.3 is 5.97 Å². The fraction of sp³-hybridized carbons (Fsp3) is 0.750. The molecular formula is C12H23NO2. The van der Waals surface area contributed by atoms with Gasteiger partial charge in [-0.25, -0.2) is 4.79 Å². The van der Waals surface area contributed by atoms with Crippen LogP contribution in [0.5, 0.6) is 0 Å². The lowest BCUT2D eigenvalue weighted by Crippen LogP contribution is -2.37. The van der Waals surface area contributed by atoms with Crippen LogP contribution in [0.3, 0.4) is 0 Å². The Bertz CT molecular complexity index is 224. The molecule has 0 radical (unpaired) electrons. The van der Waals surface area contributed by atoms with E-state index < -0.39 is 5.97 Å². The summed E-state index contributed by atoms with van der Waals surface area (Å²) in [6, 6.07) is 1.01. The van der Waals surface area contributed by atoms with Gasteiger partial charge in [-0.1, -0.05) is 6.08 Å². The van der Waals surface area contributed by atoms with Crippen LogP contribution in [0.4, 0.5) is 0 Å². The van der Waals surface area contributed by atoms with Gasteiger partial charge in [0, 0.05) is 24.2 Å². The summed E-state index contributed by atoms with van der Waals surface area (Å²) in [6.07, 6.45) is 2.59. The molecule has 0 saturated heterocycles. The molecule has 0 bridgehead atoms. The fourth-order valence-corrected chi connectivity index (χ4v) is 1.63. The van der Waals surface area contributed by atoms with Crippen LogP contribution in [-0.4, -0.2) is 34.6 Å². The predicted octanol–water partition coefficient (Wildman–Crippen LogP) is 2.53. The number of carbonyl (C=O) groups is 1. The van der Waals surface area contributed by atoms with Gasteiger partial charge in [0.1, 0.15) is 0 Å². The largest absolute Gasteiger partial charge is 0.478 e. The van der Waals surface area contributed by atoms with Crippen LogP contribution in [0, 0.1) is 0 Å². The van der Waals surface area contributed by atoms with Crippen LogP contribution in [0.2, 0.25) is 0 Å². The van der Waals surface area contributed by atoms with Gasteiger partial charge in [-0.15, -0.1) is 0 Å². The van der Waals surface area contributed by atoms with Crippen molar-refractivity contribution in [2.75, 3.05) is 6.54 Å². The molecule has 0 fully saturated rings.